The summed E-state index contributed by atoms with van der Waals surface area (Å²) in [6.07, 6.45) is 4.00. The van der Waals surface area contributed by atoms with Crippen LogP contribution in [0, 0.1) is 6.67 Å². The first kappa shape index (κ1) is 11.1. The highest BCUT2D eigenvalue weighted by molar-refractivity contribution is 5.75. The lowest BCUT2D eigenvalue weighted by Crippen LogP contribution is -2.18. The standard InChI is InChI=1S/C14H16N4/c1-3-18-13-7-5-4-6-12(13)15-14(18)10-17-9-8-16(2)11-17/h4-9H,3,10H2,1-2H3. The van der Waals surface area contributed by atoms with E-state index >= 15 is 0 Å². The molecular formula is C14H16N4. The highest BCUT2D eigenvalue weighted by atomic mass is 15.3. The van der Waals surface area contributed by atoms with E-state index in [0.29, 0.717) is 0 Å². The molecule has 2 heterocycles. The Morgan fingerprint density at radius 1 is 1.22 bits per heavy atom. The number of rotatable bonds is 3. The molecule has 0 unspecified atom stereocenters. The molecule has 0 spiro atoms. The van der Waals surface area contributed by atoms with Gasteiger partial charge in [-0.15, -0.1) is 0 Å². The van der Waals surface area contributed by atoms with Crippen LogP contribution in [0.5, 0.6) is 0 Å². The Morgan fingerprint density at radius 3 is 2.78 bits per heavy atom. The molecule has 1 aliphatic rings. The predicted octanol–water partition coefficient (Wildman–Crippen LogP) is 2.27. The van der Waals surface area contributed by atoms with Gasteiger partial charge >= 0.3 is 0 Å². The van der Waals surface area contributed by atoms with Gasteiger partial charge < -0.3 is 14.4 Å². The minimum Gasteiger partial charge on any atom is -0.349 e. The highest BCUT2D eigenvalue weighted by Crippen LogP contribution is 2.19. The highest BCUT2D eigenvalue weighted by Gasteiger charge is 2.15. The Bertz CT molecular complexity index is 584. The summed E-state index contributed by atoms with van der Waals surface area (Å²) in [7, 11) is 1.97. The van der Waals surface area contributed by atoms with E-state index in [2.05, 4.69) is 36.4 Å². The van der Waals surface area contributed by atoms with E-state index < -0.39 is 0 Å². The maximum atomic E-state index is 4.70. The van der Waals surface area contributed by atoms with E-state index in [1.54, 1.807) is 0 Å². The van der Waals surface area contributed by atoms with Crippen LogP contribution in [0.1, 0.15) is 12.7 Å². The van der Waals surface area contributed by atoms with Crippen molar-refractivity contribution >= 4 is 11.0 Å². The Hall–Kier alpha value is -1.97. The summed E-state index contributed by atoms with van der Waals surface area (Å²) < 4.78 is 2.25. The molecule has 1 aromatic heterocycles. The summed E-state index contributed by atoms with van der Waals surface area (Å²) in [5.41, 5.74) is 2.26. The summed E-state index contributed by atoms with van der Waals surface area (Å²) in [6.45, 7) is 7.04. The van der Waals surface area contributed by atoms with Crippen molar-refractivity contribution in [1.29, 1.82) is 0 Å². The molecule has 0 amide bonds. The molecule has 0 saturated carbocycles. The molecule has 4 nitrogen and oxygen atoms in total. The van der Waals surface area contributed by atoms with Gasteiger partial charge in [0.2, 0.25) is 6.67 Å². The first-order valence-electron chi connectivity index (χ1n) is 6.16. The second-order valence-corrected chi connectivity index (χ2v) is 4.40. The number of nitrogens with zero attached hydrogens (tertiary/aromatic N) is 4. The van der Waals surface area contributed by atoms with Gasteiger partial charge in [-0.1, -0.05) is 12.1 Å². The second-order valence-electron chi connectivity index (χ2n) is 4.40. The maximum absolute atomic E-state index is 4.70. The molecule has 2 radical (unpaired) electrons. The van der Waals surface area contributed by atoms with Gasteiger partial charge in [0.1, 0.15) is 5.82 Å². The monoisotopic (exact) mass is 240 g/mol. The molecule has 0 fully saturated rings. The van der Waals surface area contributed by atoms with Gasteiger partial charge in [0, 0.05) is 26.0 Å². The van der Waals surface area contributed by atoms with E-state index in [4.69, 9.17) is 4.98 Å². The van der Waals surface area contributed by atoms with Crippen LogP contribution in [0.3, 0.4) is 0 Å². The third kappa shape index (κ3) is 1.83. The molecule has 0 N–H and O–H groups in total. The summed E-state index contributed by atoms with van der Waals surface area (Å²) in [5.74, 6) is 1.08. The lowest BCUT2D eigenvalue weighted by atomic mass is 10.3. The van der Waals surface area contributed by atoms with E-state index in [1.165, 1.54) is 5.52 Å². The van der Waals surface area contributed by atoms with Crippen LogP contribution in [0.15, 0.2) is 36.7 Å². The fourth-order valence-electron chi connectivity index (χ4n) is 2.29. The van der Waals surface area contributed by atoms with E-state index in [1.807, 2.05) is 35.3 Å². The number of imidazole rings is 1. The molecule has 18 heavy (non-hydrogen) atoms. The maximum Gasteiger partial charge on any atom is 0.208 e. The Morgan fingerprint density at radius 2 is 2.06 bits per heavy atom. The third-order valence-electron chi connectivity index (χ3n) is 3.12. The van der Waals surface area contributed by atoms with Crippen LogP contribution in [0.2, 0.25) is 0 Å². The van der Waals surface area contributed by atoms with Crippen LogP contribution < -0.4 is 0 Å². The minimum absolute atomic E-state index is 0.753. The molecule has 92 valence electrons. The van der Waals surface area contributed by atoms with Crippen molar-refractivity contribution in [3.05, 3.63) is 49.2 Å². The molecule has 0 aliphatic carbocycles. The molecular weight excluding hydrogens is 224 g/mol. The minimum atomic E-state index is 0.753. The van der Waals surface area contributed by atoms with Crippen molar-refractivity contribution < 1.29 is 0 Å². The van der Waals surface area contributed by atoms with Crippen LogP contribution >= 0.6 is 0 Å². The van der Waals surface area contributed by atoms with Gasteiger partial charge in [-0.2, -0.15) is 0 Å². The lowest BCUT2D eigenvalue weighted by molar-refractivity contribution is 0.362. The molecule has 0 saturated heterocycles. The quantitative estimate of drug-likeness (QED) is 0.822. The van der Waals surface area contributed by atoms with E-state index in [9.17, 15) is 0 Å². The fourth-order valence-corrected chi connectivity index (χ4v) is 2.29. The van der Waals surface area contributed by atoms with Gasteiger partial charge in [0.15, 0.2) is 0 Å². The Kier molecular flexibility index (Phi) is 2.70. The van der Waals surface area contributed by atoms with Crippen LogP contribution in [0.4, 0.5) is 0 Å². The third-order valence-corrected chi connectivity index (χ3v) is 3.12. The van der Waals surface area contributed by atoms with Gasteiger partial charge in [0.05, 0.1) is 17.6 Å². The Balaban J connectivity index is 1.94. The number of fused-ring (bicyclic) bond motifs is 1. The average Bonchev–Trinajstić information content (AvgIpc) is 2.92. The molecule has 1 aromatic carbocycles. The topological polar surface area (TPSA) is 24.3 Å². The van der Waals surface area contributed by atoms with E-state index in [-0.39, 0.29) is 0 Å². The summed E-state index contributed by atoms with van der Waals surface area (Å²) in [5, 5.41) is 0. The number of aromatic nitrogens is 2. The molecule has 3 rings (SSSR count). The first-order chi connectivity index (χ1) is 8.78. The zero-order valence-electron chi connectivity index (χ0n) is 10.7. The fraction of sp³-hybridized carbons (Fsp3) is 0.286. The molecule has 4 heteroatoms. The van der Waals surface area contributed by atoms with Crippen molar-refractivity contribution in [3.63, 3.8) is 0 Å². The van der Waals surface area contributed by atoms with Crippen molar-refractivity contribution in [2.24, 2.45) is 0 Å². The number of para-hydroxylation sites is 2. The second kappa shape index (κ2) is 4.37. The SMILES string of the molecule is CCn1c(CN2[C]N(C)C=C2)nc2ccccc21. The normalized spacial score (nSPS) is 15.0. The van der Waals surface area contributed by atoms with Crippen molar-refractivity contribution in [3.8, 4) is 0 Å². The molecule has 2 aromatic rings. The number of benzene rings is 1. The largest absolute Gasteiger partial charge is 0.349 e. The summed E-state index contributed by atoms with van der Waals surface area (Å²) in [6, 6.07) is 8.27. The first-order valence-corrected chi connectivity index (χ1v) is 6.16. The van der Waals surface area contributed by atoms with Crippen LogP contribution in [-0.4, -0.2) is 26.4 Å². The van der Waals surface area contributed by atoms with Crippen molar-refractivity contribution in [2.45, 2.75) is 20.0 Å². The van der Waals surface area contributed by atoms with Crippen LogP contribution in [0.25, 0.3) is 11.0 Å². The predicted molar refractivity (Wildman–Crippen MR) is 71.1 cm³/mol. The zero-order valence-corrected chi connectivity index (χ0v) is 10.7. The van der Waals surface area contributed by atoms with Crippen molar-refractivity contribution in [1.82, 2.24) is 19.4 Å². The Labute approximate surface area is 107 Å². The average molecular weight is 240 g/mol. The van der Waals surface area contributed by atoms with Gasteiger partial charge in [0.25, 0.3) is 0 Å². The molecule has 0 atom stereocenters. The molecule has 0 bridgehead atoms. The lowest BCUT2D eigenvalue weighted by Gasteiger charge is -2.16. The molecule has 1 aliphatic heterocycles. The number of hydrogen-bond donors (Lipinski definition) is 0. The summed E-state index contributed by atoms with van der Waals surface area (Å²) >= 11 is 0. The number of aryl methyl sites for hydroxylation is 1. The smallest absolute Gasteiger partial charge is 0.208 e. The van der Waals surface area contributed by atoms with Crippen molar-refractivity contribution in [2.75, 3.05) is 7.05 Å². The zero-order chi connectivity index (χ0) is 12.5. The van der Waals surface area contributed by atoms with Crippen LogP contribution in [-0.2, 0) is 13.1 Å². The number of hydrogen-bond acceptors (Lipinski definition) is 3. The van der Waals surface area contributed by atoms with Gasteiger partial charge in [-0.3, -0.25) is 0 Å². The van der Waals surface area contributed by atoms with E-state index in [0.717, 1.165) is 24.4 Å². The summed E-state index contributed by atoms with van der Waals surface area (Å²) in [4.78, 5) is 8.64. The van der Waals surface area contributed by atoms with Gasteiger partial charge in [-0.05, 0) is 19.1 Å². The van der Waals surface area contributed by atoms with Gasteiger partial charge in [-0.25, -0.2) is 4.98 Å².